The van der Waals surface area contributed by atoms with Crippen molar-refractivity contribution in [2.45, 2.75) is 26.9 Å². The predicted molar refractivity (Wildman–Crippen MR) is 117 cm³/mol. The Morgan fingerprint density at radius 3 is 2.55 bits per heavy atom. The average molecular weight is 416 g/mol. The zero-order chi connectivity index (χ0) is 21.8. The van der Waals surface area contributed by atoms with Gasteiger partial charge in [0.25, 0.3) is 5.91 Å². The summed E-state index contributed by atoms with van der Waals surface area (Å²) >= 11 is 0. The minimum atomic E-state index is -0.184. The maximum atomic E-state index is 12.8. The van der Waals surface area contributed by atoms with Gasteiger partial charge in [-0.1, -0.05) is 30.3 Å². The van der Waals surface area contributed by atoms with Crippen LogP contribution in [0.4, 0.5) is 0 Å². The van der Waals surface area contributed by atoms with Gasteiger partial charge in [0.2, 0.25) is 0 Å². The maximum Gasteiger partial charge on any atom is 0.255 e. The number of aryl methyl sites for hydroxylation is 1. The van der Waals surface area contributed by atoms with E-state index < -0.39 is 0 Å². The van der Waals surface area contributed by atoms with Crippen molar-refractivity contribution in [1.29, 1.82) is 0 Å². The number of aromatic nitrogens is 5. The van der Waals surface area contributed by atoms with Crippen LogP contribution in [-0.4, -0.2) is 38.0 Å². The SMILES string of the molecule is COc1ccc(-c2n[nH]c(CNC(=O)c3c(C)nn(Cc4ccccc4)c3C)n2)cc1. The van der Waals surface area contributed by atoms with Gasteiger partial charge >= 0.3 is 0 Å². The first-order valence-electron chi connectivity index (χ1n) is 9.97. The van der Waals surface area contributed by atoms with Crippen LogP contribution in [0.15, 0.2) is 54.6 Å². The van der Waals surface area contributed by atoms with E-state index in [0.717, 1.165) is 22.6 Å². The molecule has 0 fully saturated rings. The summed E-state index contributed by atoms with van der Waals surface area (Å²) in [6.45, 7) is 4.62. The van der Waals surface area contributed by atoms with Gasteiger partial charge in [0.15, 0.2) is 5.82 Å². The highest BCUT2D eigenvalue weighted by Crippen LogP contribution is 2.19. The molecule has 31 heavy (non-hydrogen) atoms. The van der Waals surface area contributed by atoms with Crippen LogP contribution < -0.4 is 10.1 Å². The van der Waals surface area contributed by atoms with Crippen molar-refractivity contribution >= 4 is 5.91 Å². The highest BCUT2D eigenvalue weighted by atomic mass is 16.5. The van der Waals surface area contributed by atoms with E-state index in [0.29, 0.717) is 29.5 Å². The quantitative estimate of drug-likeness (QED) is 0.482. The second-order valence-electron chi connectivity index (χ2n) is 7.21. The number of carbonyl (C=O) groups is 1. The summed E-state index contributed by atoms with van der Waals surface area (Å²) in [5.41, 5.74) is 4.11. The number of carbonyl (C=O) groups excluding carboxylic acids is 1. The minimum absolute atomic E-state index is 0.184. The van der Waals surface area contributed by atoms with Gasteiger partial charge in [0, 0.05) is 11.3 Å². The van der Waals surface area contributed by atoms with Crippen LogP contribution >= 0.6 is 0 Å². The van der Waals surface area contributed by atoms with Crippen LogP contribution in [0.3, 0.4) is 0 Å². The van der Waals surface area contributed by atoms with Crippen molar-refractivity contribution in [1.82, 2.24) is 30.3 Å². The first-order valence-corrected chi connectivity index (χ1v) is 9.97. The van der Waals surface area contributed by atoms with Gasteiger partial charge in [-0.05, 0) is 43.7 Å². The number of aromatic amines is 1. The lowest BCUT2D eigenvalue weighted by Gasteiger charge is -2.06. The molecule has 2 N–H and O–H groups in total. The molecule has 2 aromatic heterocycles. The van der Waals surface area contributed by atoms with Crippen LogP contribution in [0.1, 0.15) is 33.1 Å². The summed E-state index contributed by atoms with van der Waals surface area (Å²) in [7, 11) is 1.62. The fourth-order valence-corrected chi connectivity index (χ4v) is 3.43. The number of benzene rings is 2. The number of nitrogens with one attached hydrogen (secondary N) is 2. The zero-order valence-corrected chi connectivity index (χ0v) is 17.7. The molecule has 0 aliphatic heterocycles. The number of H-pyrrole nitrogens is 1. The second kappa shape index (κ2) is 8.83. The number of hydrogen-bond acceptors (Lipinski definition) is 5. The van der Waals surface area contributed by atoms with E-state index in [1.54, 1.807) is 7.11 Å². The van der Waals surface area contributed by atoms with E-state index in [9.17, 15) is 4.79 Å². The zero-order valence-electron chi connectivity index (χ0n) is 17.7. The Hall–Kier alpha value is -3.94. The molecule has 0 saturated carbocycles. The topological polar surface area (TPSA) is 97.7 Å². The van der Waals surface area contributed by atoms with Crippen LogP contribution in [0, 0.1) is 13.8 Å². The van der Waals surface area contributed by atoms with E-state index in [1.807, 2.05) is 73.1 Å². The smallest absolute Gasteiger partial charge is 0.255 e. The molecule has 0 aliphatic rings. The van der Waals surface area contributed by atoms with Crippen molar-refractivity contribution in [2.24, 2.45) is 0 Å². The number of methoxy groups -OCH3 is 1. The molecule has 0 radical (unpaired) electrons. The Balaban J connectivity index is 1.43. The van der Waals surface area contributed by atoms with Crippen LogP contribution in [-0.2, 0) is 13.1 Å². The monoisotopic (exact) mass is 416 g/mol. The molecule has 0 bridgehead atoms. The molecule has 158 valence electrons. The van der Waals surface area contributed by atoms with E-state index in [4.69, 9.17) is 4.74 Å². The van der Waals surface area contributed by atoms with E-state index in [1.165, 1.54) is 0 Å². The van der Waals surface area contributed by atoms with Crippen molar-refractivity contribution < 1.29 is 9.53 Å². The molecule has 0 atom stereocenters. The molecule has 4 aromatic rings. The third-order valence-corrected chi connectivity index (χ3v) is 5.08. The maximum absolute atomic E-state index is 12.8. The summed E-state index contributed by atoms with van der Waals surface area (Å²) in [6.07, 6.45) is 0. The molecule has 0 unspecified atom stereocenters. The highest BCUT2D eigenvalue weighted by Gasteiger charge is 2.19. The van der Waals surface area contributed by atoms with Crippen molar-refractivity contribution in [2.75, 3.05) is 7.11 Å². The van der Waals surface area contributed by atoms with Gasteiger partial charge in [0.1, 0.15) is 11.6 Å². The first-order chi connectivity index (χ1) is 15.0. The molecule has 4 rings (SSSR count). The van der Waals surface area contributed by atoms with Gasteiger partial charge in [-0.25, -0.2) is 4.98 Å². The molecule has 1 amide bonds. The number of nitrogens with zero attached hydrogens (tertiary/aromatic N) is 4. The minimum Gasteiger partial charge on any atom is -0.497 e. The van der Waals surface area contributed by atoms with Crippen LogP contribution in [0.2, 0.25) is 0 Å². The van der Waals surface area contributed by atoms with Crippen molar-refractivity contribution in [3.05, 3.63) is 82.9 Å². The third-order valence-electron chi connectivity index (χ3n) is 5.08. The summed E-state index contributed by atoms with van der Waals surface area (Å²) in [6, 6.07) is 17.5. The van der Waals surface area contributed by atoms with Crippen molar-refractivity contribution in [3.63, 3.8) is 0 Å². The molecule has 2 heterocycles. The third kappa shape index (κ3) is 4.48. The highest BCUT2D eigenvalue weighted by molar-refractivity contribution is 5.96. The molecular formula is C23H24N6O2. The van der Waals surface area contributed by atoms with Gasteiger partial charge < -0.3 is 10.1 Å². The Labute approximate surface area is 180 Å². The second-order valence-corrected chi connectivity index (χ2v) is 7.21. The summed E-state index contributed by atoms with van der Waals surface area (Å²) in [5, 5.41) is 14.6. The normalized spacial score (nSPS) is 10.8. The van der Waals surface area contributed by atoms with E-state index >= 15 is 0 Å². The predicted octanol–water partition coefficient (Wildman–Crippen LogP) is 3.27. The first kappa shape index (κ1) is 20.3. The molecule has 2 aromatic carbocycles. The lowest BCUT2D eigenvalue weighted by atomic mass is 10.1. The number of hydrogen-bond donors (Lipinski definition) is 2. The lowest BCUT2D eigenvalue weighted by Crippen LogP contribution is -2.24. The Morgan fingerprint density at radius 2 is 1.84 bits per heavy atom. The Bertz CT molecular complexity index is 1180. The molecule has 0 aliphatic carbocycles. The Morgan fingerprint density at radius 1 is 1.10 bits per heavy atom. The molecule has 0 saturated heterocycles. The summed E-state index contributed by atoms with van der Waals surface area (Å²) in [5.74, 6) is 1.73. The largest absolute Gasteiger partial charge is 0.497 e. The molecule has 8 nitrogen and oxygen atoms in total. The van der Waals surface area contributed by atoms with Crippen LogP contribution in [0.25, 0.3) is 11.4 Å². The molecule has 8 heteroatoms. The summed E-state index contributed by atoms with van der Waals surface area (Å²) in [4.78, 5) is 17.3. The lowest BCUT2D eigenvalue weighted by molar-refractivity contribution is 0.0948. The van der Waals surface area contributed by atoms with Crippen molar-refractivity contribution in [3.8, 4) is 17.1 Å². The van der Waals surface area contributed by atoms with E-state index in [-0.39, 0.29) is 12.5 Å². The summed E-state index contributed by atoms with van der Waals surface area (Å²) < 4.78 is 7.03. The fraction of sp³-hybridized carbons (Fsp3) is 0.217. The van der Waals surface area contributed by atoms with E-state index in [2.05, 4.69) is 25.6 Å². The number of rotatable bonds is 7. The number of ether oxygens (including phenoxy) is 1. The molecular weight excluding hydrogens is 392 g/mol. The van der Waals surface area contributed by atoms with Crippen LogP contribution in [0.5, 0.6) is 5.75 Å². The standard InChI is InChI=1S/C23H24N6O2/c1-15-21(16(2)29(28-15)14-17-7-5-4-6-8-17)23(30)24-13-20-25-22(27-26-20)18-9-11-19(31-3)12-10-18/h4-12H,13-14H2,1-3H3,(H,24,30)(H,25,26,27). The van der Waals surface area contributed by atoms with Gasteiger partial charge in [-0.3, -0.25) is 14.6 Å². The fourth-order valence-electron chi connectivity index (χ4n) is 3.43. The Kier molecular flexibility index (Phi) is 5.79. The average Bonchev–Trinajstić information content (AvgIpc) is 3.37. The molecule has 0 spiro atoms. The number of amides is 1. The van der Waals surface area contributed by atoms with Gasteiger partial charge in [-0.15, -0.1) is 0 Å². The van der Waals surface area contributed by atoms with Gasteiger partial charge in [0.05, 0.1) is 31.5 Å². The van der Waals surface area contributed by atoms with Gasteiger partial charge in [-0.2, -0.15) is 10.2 Å².